The van der Waals surface area contributed by atoms with Gasteiger partial charge in [0.25, 0.3) is 0 Å². The standard InChI is InChI=1S/C25H32N2O2Si/c1-16-14-17(2)23-19(15-16)21-13-12-18-20(10-9-11-22(18)30(6,7)8)26(21)25(3)24(23)27(25,28-4)29-5/h9-15,24H,1-8H3/q+2. The fraction of sp³-hybridized carbons (Fsp3) is 0.400. The molecule has 1 aromatic heterocycles. The lowest BCUT2D eigenvalue weighted by Gasteiger charge is -2.21. The zero-order valence-corrected chi connectivity index (χ0v) is 20.3. The molecular formula is C25H32N2O2Si+2. The van der Waals surface area contributed by atoms with Gasteiger partial charge in [0.2, 0.25) is 11.2 Å². The molecule has 30 heavy (non-hydrogen) atoms. The Kier molecular flexibility index (Phi) is 3.98. The molecule has 156 valence electrons. The number of quaternary nitrogens is 1. The number of pyridine rings is 1. The van der Waals surface area contributed by atoms with Gasteiger partial charge in [-0.05, 0) is 42.3 Å². The van der Waals surface area contributed by atoms with Gasteiger partial charge in [0.05, 0.1) is 34.8 Å². The first-order chi connectivity index (χ1) is 14.1. The summed E-state index contributed by atoms with van der Waals surface area (Å²) < 4.78 is 2.49. The first-order valence-electron chi connectivity index (χ1n) is 10.7. The molecular weight excluding hydrogens is 388 g/mol. The number of fused-ring (bicyclic) bond motifs is 8. The minimum absolute atomic E-state index is 0.0988. The van der Waals surface area contributed by atoms with E-state index in [-0.39, 0.29) is 16.5 Å². The number of hydrogen-bond donors (Lipinski definition) is 0. The van der Waals surface area contributed by atoms with Crippen LogP contribution in [0.1, 0.15) is 29.7 Å². The van der Waals surface area contributed by atoms with E-state index in [1.54, 1.807) is 14.2 Å². The third-order valence-electron chi connectivity index (χ3n) is 7.28. The maximum absolute atomic E-state index is 6.10. The van der Waals surface area contributed by atoms with E-state index in [0.29, 0.717) is 0 Å². The summed E-state index contributed by atoms with van der Waals surface area (Å²) >= 11 is 0. The molecule has 1 saturated heterocycles. The van der Waals surface area contributed by atoms with Crippen molar-refractivity contribution in [2.75, 3.05) is 14.2 Å². The Bertz CT molecular complexity index is 1210. The van der Waals surface area contributed by atoms with Gasteiger partial charge < -0.3 is 0 Å². The monoisotopic (exact) mass is 420 g/mol. The number of aryl methyl sites for hydroxylation is 2. The van der Waals surface area contributed by atoms with E-state index < -0.39 is 8.07 Å². The van der Waals surface area contributed by atoms with Crippen LogP contribution < -0.4 is 9.75 Å². The van der Waals surface area contributed by atoms with E-state index in [2.05, 4.69) is 87.4 Å². The molecule has 0 amide bonds. The third-order valence-corrected chi connectivity index (χ3v) is 9.33. The summed E-state index contributed by atoms with van der Waals surface area (Å²) in [5, 5.41) is 2.85. The minimum Gasteiger partial charge on any atom is -0.164 e. The molecule has 2 aliphatic heterocycles. The molecule has 4 nitrogen and oxygen atoms in total. The summed E-state index contributed by atoms with van der Waals surface area (Å²) in [5.74, 6) is 0. The highest BCUT2D eigenvalue weighted by Gasteiger charge is 2.94. The Morgan fingerprint density at radius 1 is 1.00 bits per heavy atom. The van der Waals surface area contributed by atoms with E-state index in [0.717, 1.165) is 0 Å². The zero-order valence-electron chi connectivity index (χ0n) is 19.3. The number of hydroxylamine groups is 4. The summed E-state index contributed by atoms with van der Waals surface area (Å²) in [5.41, 5.74) is 7.37. The summed E-state index contributed by atoms with van der Waals surface area (Å²) in [7, 11) is 2.02. The van der Waals surface area contributed by atoms with Gasteiger partial charge in [-0.2, -0.15) is 9.68 Å². The highest BCUT2D eigenvalue weighted by Crippen LogP contribution is 2.66. The highest BCUT2D eigenvalue weighted by molar-refractivity contribution is 6.90. The number of aromatic nitrogens is 1. The summed E-state index contributed by atoms with van der Waals surface area (Å²) in [6.07, 6.45) is 0. The van der Waals surface area contributed by atoms with Gasteiger partial charge in [-0.15, -0.1) is 4.57 Å². The lowest BCUT2D eigenvalue weighted by Crippen LogP contribution is -2.56. The van der Waals surface area contributed by atoms with E-state index >= 15 is 0 Å². The lowest BCUT2D eigenvalue weighted by molar-refractivity contribution is -1.22. The van der Waals surface area contributed by atoms with Crippen LogP contribution in [0.5, 0.6) is 0 Å². The Morgan fingerprint density at radius 2 is 1.70 bits per heavy atom. The third kappa shape index (κ3) is 2.19. The topological polar surface area (TPSA) is 22.3 Å². The number of hydrogen-bond acceptors (Lipinski definition) is 2. The van der Waals surface area contributed by atoms with Crippen molar-refractivity contribution in [3.05, 3.63) is 59.2 Å². The maximum atomic E-state index is 6.10. The van der Waals surface area contributed by atoms with Crippen molar-refractivity contribution in [3.8, 4) is 11.3 Å². The van der Waals surface area contributed by atoms with E-state index in [1.165, 1.54) is 44.0 Å². The van der Waals surface area contributed by atoms with Crippen molar-refractivity contribution in [1.82, 2.24) is 0 Å². The normalized spacial score (nSPS) is 23.7. The smallest absolute Gasteiger partial charge is 0.164 e. The largest absolute Gasteiger partial charge is 0.415 e. The Labute approximate surface area is 180 Å². The predicted octanol–water partition coefficient (Wildman–Crippen LogP) is 4.64. The first-order valence-corrected chi connectivity index (χ1v) is 14.2. The molecule has 0 spiro atoms. The number of nitrogens with zero attached hydrogens (tertiary/aromatic N) is 2. The van der Waals surface area contributed by atoms with Crippen molar-refractivity contribution in [2.24, 2.45) is 0 Å². The van der Waals surface area contributed by atoms with Crippen molar-refractivity contribution in [3.63, 3.8) is 0 Å². The second-order valence-corrected chi connectivity index (χ2v) is 15.1. The first kappa shape index (κ1) is 19.9. The molecule has 0 saturated carbocycles. The molecule has 5 rings (SSSR count). The second kappa shape index (κ2) is 6.01. The van der Waals surface area contributed by atoms with Crippen LogP contribution >= 0.6 is 0 Å². The Hall–Kier alpha value is -2.05. The molecule has 2 aliphatic rings. The second-order valence-electron chi connectivity index (χ2n) is 10.0. The van der Waals surface area contributed by atoms with Gasteiger partial charge in [0.1, 0.15) is 0 Å². The molecule has 0 N–H and O–H groups in total. The lowest BCUT2D eigenvalue weighted by atomic mass is 9.88. The Balaban J connectivity index is 1.95. The molecule has 3 heterocycles. The molecule has 0 bridgehead atoms. The highest BCUT2D eigenvalue weighted by atomic mass is 28.3. The van der Waals surface area contributed by atoms with Crippen molar-refractivity contribution in [1.29, 1.82) is 0 Å². The predicted molar refractivity (Wildman–Crippen MR) is 123 cm³/mol. The summed E-state index contributed by atoms with van der Waals surface area (Å²) in [6, 6.07) is 16.1. The van der Waals surface area contributed by atoms with Crippen molar-refractivity contribution >= 4 is 24.2 Å². The van der Waals surface area contributed by atoms with Gasteiger partial charge >= 0.3 is 11.7 Å². The Morgan fingerprint density at radius 3 is 2.33 bits per heavy atom. The molecule has 3 aromatic rings. The quantitative estimate of drug-likeness (QED) is 0.267. The van der Waals surface area contributed by atoms with Gasteiger partial charge in [-0.1, -0.05) is 37.8 Å². The minimum atomic E-state index is -1.50. The van der Waals surface area contributed by atoms with Crippen LogP contribution in [0.4, 0.5) is 0 Å². The van der Waals surface area contributed by atoms with Crippen LogP contribution in [0.15, 0.2) is 42.5 Å². The van der Waals surface area contributed by atoms with Gasteiger partial charge in [-0.25, -0.2) is 0 Å². The molecule has 5 heteroatoms. The SMILES string of the molecule is CO[N+]1(OC)C2c3c(C)cc(C)cc3-c3ccc4c([Si](C)(C)C)cccc4[n+]3C21C. The van der Waals surface area contributed by atoms with Crippen LogP contribution in [0.2, 0.25) is 19.6 Å². The van der Waals surface area contributed by atoms with Gasteiger partial charge in [0.15, 0.2) is 0 Å². The maximum Gasteiger partial charge on any atom is 0.415 e. The van der Waals surface area contributed by atoms with Crippen molar-refractivity contribution in [2.45, 2.75) is 52.1 Å². The number of benzene rings is 2. The number of rotatable bonds is 3. The fourth-order valence-electron chi connectivity index (χ4n) is 6.03. The molecule has 2 atom stereocenters. The molecule has 2 aromatic carbocycles. The zero-order chi connectivity index (χ0) is 21.6. The van der Waals surface area contributed by atoms with Crippen molar-refractivity contribution < 1.29 is 19.1 Å². The summed E-state index contributed by atoms with van der Waals surface area (Å²) in [6.45, 7) is 13.9. The van der Waals surface area contributed by atoms with E-state index in [9.17, 15) is 0 Å². The molecule has 2 unspecified atom stereocenters. The fourth-order valence-corrected chi connectivity index (χ4v) is 7.65. The summed E-state index contributed by atoms with van der Waals surface area (Å²) in [4.78, 5) is 12.3. The van der Waals surface area contributed by atoms with Gasteiger partial charge in [-0.3, -0.25) is 0 Å². The van der Waals surface area contributed by atoms with Crippen LogP contribution in [-0.2, 0) is 15.3 Å². The molecule has 0 aliphatic carbocycles. The molecule has 1 fully saturated rings. The van der Waals surface area contributed by atoms with E-state index in [4.69, 9.17) is 9.68 Å². The van der Waals surface area contributed by atoms with Crippen LogP contribution in [0.3, 0.4) is 0 Å². The average molecular weight is 421 g/mol. The molecule has 0 radical (unpaired) electrons. The van der Waals surface area contributed by atoms with Crippen LogP contribution in [0.25, 0.3) is 22.2 Å². The van der Waals surface area contributed by atoms with Crippen LogP contribution in [-0.4, -0.2) is 27.1 Å². The average Bonchev–Trinajstić information content (AvgIpc) is 3.25. The van der Waals surface area contributed by atoms with Crippen LogP contribution in [0, 0.1) is 13.8 Å². The van der Waals surface area contributed by atoms with Gasteiger partial charge in [0, 0.05) is 27.9 Å². The van der Waals surface area contributed by atoms with E-state index in [1.807, 2.05) is 0 Å².